The van der Waals surface area contributed by atoms with Gasteiger partial charge in [-0.1, -0.05) is 18.2 Å². The van der Waals surface area contributed by atoms with E-state index in [1.54, 1.807) is 0 Å². The summed E-state index contributed by atoms with van der Waals surface area (Å²) in [4.78, 5) is 4.75. The van der Waals surface area contributed by atoms with Crippen LogP contribution in [0.15, 0.2) is 29.3 Å². The van der Waals surface area contributed by atoms with Crippen LogP contribution in [0, 0.1) is 0 Å². The Morgan fingerprint density at radius 3 is 2.96 bits per heavy atom. The molecule has 5 nitrogen and oxygen atoms in total. The van der Waals surface area contributed by atoms with Crippen molar-refractivity contribution in [3.63, 3.8) is 0 Å². The van der Waals surface area contributed by atoms with E-state index in [4.69, 9.17) is 14.5 Å². The number of guanidine groups is 1. The average molecular weight is 331 g/mol. The van der Waals surface area contributed by atoms with Gasteiger partial charge in [0.05, 0.1) is 18.8 Å². The number of nitrogens with one attached hydrogen (secondary N) is 2. The quantitative estimate of drug-likeness (QED) is 0.643. The Kier molecular flexibility index (Phi) is 5.61. The summed E-state index contributed by atoms with van der Waals surface area (Å²) in [5.41, 5.74) is 1.19. The lowest BCUT2D eigenvalue weighted by Gasteiger charge is -2.27. The maximum atomic E-state index is 5.83. The Hall–Kier alpha value is -1.75. The molecule has 0 aromatic heterocycles. The first kappa shape index (κ1) is 17.1. The maximum absolute atomic E-state index is 5.83. The van der Waals surface area contributed by atoms with E-state index in [-0.39, 0.29) is 5.60 Å². The summed E-state index contributed by atoms with van der Waals surface area (Å²) in [5, 5.41) is 6.84. The topological polar surface area (TPSA) is 54.9 Å². The molecule has 1 fully saturated rings. The number of aliphatic imine (C=N–C) groups is 1. The van der Waals surface area contributed by atoms with Crippen LogP contribution in [0.4, 0.5) is 0 Å². The van der Waals surface area contributed by atoms with Crippen molar-refractivity contribution < 1.29 is 9.47 Å². The van der Waals surface area contributed by atoms with Gasteiger partial charge in [0.1, 0.15) is 5.75 Å². The first-order valence-electron chi connectivity index (χ1n) is 9.08. The summed E-state index contributed by atoms with van der Waals surface area (Å²) in [6.07, 6.45) is 3.25. The van der Waals surface area contributed by atoms with Gasteiger partial charge in [-0.25, -0.2) is 0 Å². The number of rotatable bonds is 5. The van der Waals surface area contributed by atoms with Gasteiger partial charge in [-0.2, -0.15) is 0 Å². The van der Waals surface area contributed by atoms with Gasteiger partial charge in [-0.3, -0.25) is 4.99 Å². The molecule has 2 aliphatic heterocycles. The van der Waals surface area contributed by atoms with E-state index >= 15 is 0 Å². The fourth-order valence-corrected chi connectivity index (χ4v) is 3.40. The molecule has 1 aromatic carbocycles. The summed E-state index contributed by atoms with van der Waals surface area (Å²) in [7, 11) is 0. The fraction of sp³-hybridized carbons (Fsp3) is 0.632. The van der Waals surface area contributed by atoms with Gasteiger partial charge in [-0.15, -0.1) is 0 Å². The minimum Gasteiger partial charge on any atom is -0.493 e. The summed E-state index contributed by atoms with van der Waals surface area (Å²) in [5.74, 6) is 2.35. The molecule has 2 unspecified atom stereocenters. The molecular formula is C19H29N3O2. The molecule has 1 saturated heterocycles. The monoisotopic (exact) mass is 331 g/mol. The van der Waals surface area contributed by atoms with Crippen molar-refractivity contribution in [3.8, 4) is 5.75 Å². The van der Waals surface area contributed by atoms with E-state index < -0.39 is 0 Å². The predicted molar refractivity (Wildman–Crippen MR) is 96.9 cm³/mol. The molecule has 0 aliphatic carbocycles. The number of hydrogen-bond donors (Lipinski definition) is 2. The lowest BCUT2D eigenvalue weighted by molar-refractivity contribution is 0.0283. The molecule has 0 bridgehead atoms. The fourth-order valence-electron chi connectivity index (χ4n) is 3.40. The highest BCUT2D eigenvalue weighted by molar-refractivity contribution is 5.79. The van der Waals surface area contributed by atoms with Crippen molar-refractivity contribution in [2.45, 2.75) is 44.6 Å². The van der Waals surface area contributed by atoms with Gasteiger partial charge in [0.25, 0.3) is 0 Å². The number of ether oxygens (including phenoxy) is 2. The van der Waals surface area contributed by atoms with Crippen LogP contribution in [0.2, 0.25) is 0 Å². The second-order valence-corrected chi connectivity index (χ2v) is 6.85. The zero-order valence-corrected chi connectivity index (χ0v) is 14.8. The normalized spacial score (nSPS) is 26.6. The van der Waals surface area contributed by atoms with E-state index in [9.17, 15) is 0 Å². The molecule has 3 rings (SSSR count). The molecule has 0 radical (unpaired) electrons. The largest absolute Gasteiger partial charge is 0.493 e. The first-order valence-corrected chi connectivity index (χ1v) is 9.08. The smallest absolute Gasteiger partial charge is 0.191 e. The van der Waals surface area contributed by atoms with E-state index in [1.807, 2.05) is 6.07 Å². The van der Waals surface area contributed by atoms with Gasteiger partial charge in [0, 0.05) is 25.6 Å². The van der Waals surface area contributed by atoms with Gasteiger partial charge in [-0.05, 0) is 44.7 Å². The Balaban J connectivity index is 1.60. The Morgan fingerprint density at radius 1 is 1.29 bits per heavy atom. The Bertz CT molecular complexity index is 567. The molecule has 1 aromatic rings. The molecule has 2 heterocycles. The number of fused-ring (bicyclic) bond motifs is 1. The van der Waals surface area contributed by atoms with Gasteiger partial charge in [0.2, 0.25) is 0 Å². The summed E-state index contributed by atoms with van der Waals surface area (Å²) in [6.45, 7) is 8.30. The van der Waals surface area contributed by atoms with Crippen LogP contribution in [0.25, 0.3) is 0 Å². The van der Waals surface area contributed by atoms with E-state index in [1.165, 1.54) is 5.56 Å². The van der Waals surface area contributed by atoms with Crippen LogP contribution in [0.1, 0.15) is 44.6 Å². The molecule has 0 amide bonds. The summed E-state index contributed by atoms with van der Waals surface area (Å²) < 4.78 is 11.6. The van der Waals surface area contributed by atoms with Crippen molar-refractivity contribution in [1.82, 2.24) is 10.6 Å². The second kappa shape index (κ2) is 7.88. The van der Waals surface area contributed by atoms with Crippen LogP contribution in [-0.2, 0) is 4.74 Å². The SMILES string of the molecule is CCNC(=NCC1(C)CCCO1)NCC1CCOc2ccccc21. The Labute approximate surface area is 144 Å². The van der Waals surface area contributed by atoms with Crippen LogP contribution in [-0.4, -0.2) is 44.4 Å². The van der Waals surface area contributed by atoms with E-state index in [0.717, 1.165) is 57.3 Å². The third-order valence-corrected chi connectivity index (χ3v) is 4.81. The standard InChI is InChI=1S/C19H29N3O2/c1-3-20-18(22-14-19(2)10-6-11-24-19)21-13-15-9-12-23-17-8-5-4-7-16(15)17/h4-5,7-8,15H,3,6,9-14H2,1-2H3,(H2,20,21,22). The first-order chi connectivity index (χ1) is 11.7. The maximum Gasteiger partial charge on any atom is 0.191 e. The van der Waals surface area contributed by atoms with Crippen molar-refractivity contribution in [2.75, 3.05) is 32.8 Å². The average Bonchev–Trinajstić information content (AvgIpc) is 3.04. The van der Waals surface area contributed by atoms with Crippen LogP contribution in [0.5, 0.6) is 5.75 Å². The molecule has 2 aliphatic rings. The molecule has 5 heteroatoms. The molecular weight excluding hydrogens is 302 g/mol. The van der Waals surface area contributed by atoms with E-state index in [0.29, 0.717) is 12.5 Å². The zero-order chi connectivity index (χ0) is 16.8. The van der Waals surface area contributed by atoms with Gasteiger partial charge in [0.15, 0.2) is 5.96 Å². The molecule has 0 saturated carbocycles. The molecule has 132 valence electrons. The lowest BCUT2D eigenvalue weighted by Crippen LogP contribution is -2.41. The third kappa shape index (κ3) is 4.20. The Morgan fingerprint density at radius 2 is 2.17 bits per heavy atom. The lowest BCUT2D eigenvalue weighted by atomic mass is 9.93. The van der Waals surface area contributed by atoms with Crippen LogP contribution in [0.3, 0.4) is 0 Å². The number of hydrogen-bond acceptors (Lipinski definition) is 3. The highest BCUT2D eigenvalue weighted by Crippen LogP contribution is 2.32. The summed E-state index contributed by atoms with van der Waals surface area (Å²) in [6, 6.07) is 8.33. The molecule has 2 atom stereocenters. The second-order valence-electron chi connectivity index (χ2n) is 6.85. The number of nitrogens with zero attached hydrogens (tertiary/aromatic N) is 1. The van der Waals surface area contributed by atoms with Gasteiger partial charge >= 0.3 is 0 Å². The van der Waals surface area contributed by atoms with Crippen LogP contribution >= 0.6 is 0 Å². The van der Waals surface area contributed by atoms with E-state index in [2.05, 4.69) is 42.7 Å². The van der Waals surface area contributed by atoms with Gasteiger partial charge < -0.3 is 20.1 Å². The third-order valence-electron chi connectivity index (χ3n) is 4.81. The highest BCUT2D eigenvalue weighted by atomic mass is 16.5. The van der Waals surface area contributed by atoms with Crippen molar-refractivity contribution >= 4 is 5.96 Å². The zero-order valence-electron chi connectivity index (χ0n) is 14.8. The van der Waals surface area contributed by atoms with Crippen molar-refractivity contribution in [2.24, 2.45) is 4.99 Å². The molecule has 0 spiro atoms. The minimum absolute atomic E-state index is 0.104. The molecule has 2 N–H and O–H groups in total. The van der Waals surface area contributed by atoms with Crippen molar-refractivity contribution in [1.29, 1.82) is 0 Å². The number of benzene rings is 1. The predicted octanol–water partition coefficient (Wildman–Crippen LogP) is 2.68. The minimum atomic E-state index is -0.104. The highest BCUT2D eigenvalue weighted by Gasteiger charge is 2.29. The summed E-state index contributed by atoms with van der Waals surface area (Å²) >= 11 is 0. The van der Waals surface area contributed by atoms with Crippen LogP contribution < -0.4 is 15.4 Å². The number of para-hydroxylation sites is 1. The van der Waals surface area contributed by atoms with Crippen molar-refractivity contribution in [3.05, 3.63) is 29.8 Å². The molecule has 24 heavy (non-hydrogen) atoms.